The molecule has 0 saturated carbocycles. The van der Waals surface area contributed by atoms with Crippen LogP contribution in [0.3, 0.4) is 0 Å². The number of amides is 1. The third kappa shape index (κ3) is 3.94. The van der Waals surface area contributed by atoms with Gasteiger partial charge in [-0.3, -0.25) is 5.32 Å². The number of methoxy groups -OCH3 is 1. The molecule has 29 heavy (non-hydrogen) atoms. The maximum absolute atomic E-state index is 11.4. The number of carbonyl (C=O) groups is 1. The first-order valence-corrected chi connectivity index (χ1v) is 9.30. The number of nitrogens with one attached hydrogen (secondary N) is 2. The average molecular weight is 408 g/mol. The molecular formula is C22H18ClN3O3. The van der Waals surface area contributed by atoms with Crippen LogP contribution in [0.15, 0.2) is 66.7 Å². The Balaban J connectivity index is 1.75. The highest BCUT2D eigenvalue weighted by molar-refractivity contribution is 6.31. The molecule has 4 rings (SSSR count). The van der Waals surface area contributed by atoms with E-state index in [1.807, 2.05) is 30.3 Å². The van der Waals surface area contributed by atoms with E-state index in [9.17, 15) is 9.90 Å². The number of ether oxygens (including phenoxy) is 1. The SMILES string of the molecule is COC(=O)Nc1cccc(C(O)Nc2c3ccccc3nc3cc(Cl)ccc23)c1. The van der Waals surface area contributed by atoms with E-state index < -0.39 is 12.3 Å². The third-order valence-electron chi connectivity index (χ3n) is 4.56. The second-order valence-corrected chi connectivity index (χ2v) is 6.89. The fraction of sp³-hybridized carbons (Fsp3) is 0.0909. The molecule has 146 valence electrons. The molecule has 0 spiro atoms. The summed E-state index contributed by atoms with van der Waals surface area (Å²) in [4.78, 5) is 16.1. The fourth-order valence-electron chi connectivity index (χ4n) is 3.20. The lowest BCUT2D eigenvalue weighted by Crippen LogP contribution is -2.13. The molecule has 0 aliphatic rings. The number of pyridine rings is 1. The number of carbonyl (C=O) groups excluding carboxylic acids is 1. The van der Waals surface area contributed by atoms with Crippen molar-refractivity contribution in [2.75, 3.05) is 17.7 Å². The summed E-state index contributed by atoms with van der Waals surface area (Å²) in [6, 6.07) is 20.1. The number of fused-ring (bicyclic) bond motifs is 2. The van der Waals surface area contributed by atoms with Gasteiger partial charge >= 0.3 is 6.09 Å². The highest BCUT2D eigenvalue weighted by Crippen LogP contribution is 2.34. The number of halogens is 1. The van der Waals surface area contributed by atoms with Gasteiger partial charge in [0.15, 0.2) is 6.23 Å². The van der Waals surface area contributed by atoms with Gasteiger partial charge in [0, 0.05) is 27.0 Å². The molecule has 0 aliphatic carbocycles. The first kappa shape index (κ1) is 19.0. The van der Waals surface area contributed by atoms with Crippen LogP contribution in [-0.4, -0.2) is 23.3 Å². The third-order valence-corrected chi connectivity index (χ3v) is 4.79. The van der Waals surface area contributed by atoms with E-state index >= 15 is 0 Å². The van der Waals surface area contributed by atoms with Crippen LogP contribution in [0.4, 0.5) is 16.2 Å². The van der Waals surface area contributed by atoms with Gasteiger partial charge in [0.25, 0.3) is 0 Å². The van der Waals surface area contributed by atoms with Crippen molar-refractivity contribution >= 4 is 50.9 Å². The molecular weight excluding hydrogens is 390 g/mol. The Bertz CT molecular complexity index is 1210. The van der Waals surface area contributed by atoms with E-state index in [2.05, 4.69) is 20.4 Å². The maximum Gasteiger partial charge on any atom is 0.411 e. The molecule has 6 nitrogen and oxygen atoms in total. The van der Waals surface area contributed by atoms with Crippen molar-refractivity contribution in [3.63, 3.8) is 0 Å². The van der Waals surface area contributed by atoms with E-state index in [0.29, 0.717) is 16.3 Å². The summed E-state index contributed by atoms with van der Waals surface area (Å²) in [6.45, 7) is 0. The summed E-state index contributed by atoms with van der Waals surface area (Å²) in [5, 5.41) is 19.0. The van der Waals surface area contributed by atoms with Gasteiger partial charge in [0.05, 0.1) is 23.8 Å². The Morgan fingerprint density at radius 3 is 2.66 bits per heavy atom. The van der Waals surface area contributed by atoms with Crippen molar-refractivity contribution in [2.45, 2.75) is 6.23 Å². The van der Waals surface area contributed by atoms with E-state index in [-0.39, 0.29) is 0 Å². The maximum atomic E-state index is 11.4. The van der Waals surface area contributed by atoms with E-state index in [4.69, 9.17) is 11.6 Å². The van der Waals surface area contributed by atoms with Crippen LogP contribution in [0.2, 0.25) is 5.02 Å². The highest BCUT2D eigenvalue weighted by Gasteiger charge is 2.15. The standard InChI is InChI=1S/C22H18ClN3O3/c1-29-22(28)24-15-6-4-5-13(11-15)21(27)26-20-16-7-2-3-8-18(16)25-19-12-14(23)9-10-17(19)20/h2-12,21,27H,1H3,(H,24,28)(H,25,26). The fourth-order valence-corrected chi connectivity index (χ4v) is 3.36. The topological polar surface area (TPSA) is 83.5 Å². The summed E-state index contributed by atoms with van der Waals surface area (Å²) in [5.74, 6) is 0. The summed E-state index contributed by atoms with van der Waals surface area (Å²) < 4.78 is 4.61. The van der Waals surface area contributed by atoms with Gasteiger partial charge in [-0.15, -0.1) is 0 Å². The molecule has 0 bridgehead atoms. The molecule has 0 radical (unpaired) electrons. The van der Waals surface area contributed by atoms with Crippen LogP contribution < -0.4 is 10.6 Å². The minimum absolute atomic E-state index is 0.520. The number of rotatable bonds is 4. The Kier molecular flexibility index (Phi) is 5.20. The van der Waals surface area contributed by atoms with E-state index in [1.54, 1.807) is 36.4 Å². The molecule has 1 aromatic heterocycles. The lowest BCUT2D eigenvalue weighted by Gasteiger charge is -2.19. The zero-order chi connectivity index (χ0) is 20.4. The van der Waals surface area contributed by atoms with E-state index in [1.165, 1.54) is 7.11 Å². The first-order chi connectivity index (χ1) is 14.0. The van der Waals surface area contributed by atoms with Gasteiger partial charge in [-0.25, -0.2) is 9.78 Å². The lowest BCUT2D eigenvalue weighted by molar-refractivity contribution is 0.187. The van der Waals surface area contributed by atoms with Gasteiger partial charge in [-0.2, -0.15) is 0 Å². The Morgan fingerprint density at radius 1 is 1.03 bits per heavy atom. The molecule has 1 atom stereocenters. The number of hydrogen-bond acceptors (Lipinski definition) is 5. The molecule has 0 saturated heterocycles. The Hall–Kier alpha value is -3.35. The first-order valence-electron chi connectivity index (χ1n) is 8.92. The summed E-state index contributed by atoms with van der Waals surface area (Å²) in [6.07, 6.45) is -1.59. The Morgan fingerprint density at radius 2 is 1.83 bits per heavy atom. The zero-order valence-electron chi connectivity index (χ0n) is 15.5. The number of para-hydroxylation sites is 1. The largest absolute Gasteiger partial charge is 0.453 e. The monoisotopic (exact) mass is 407 g/mol. The lowest BCUT2D eigenvalue weighted by atomic mass is 10.1. The molecule has 7 heteroatoms. The van der Waals surface area contributed by atoms with Gasteiger partial charge in [0.2, 0.25) is 0 Å². The predicted octanol–water partition coefficient (Wildman–Crippen LogP) is 5.32. The van der Waals surface area contributed by atoms with Crippen LogP contribution in [0.25, 0.3) is 21.8 Å². The predicted molar refractivity (Wildman–Crippen MR) is 115 cm³/mol. The molecule has 3 N–H and O–H groups in total. The second kappa shape index (κ2) is 7.95. The number of anilines is 2. The molecule has 1 heterocycles. The summed E-state index contributed by atoms with van der Waals surface area (Å²) in [5.41, 5.74) is 3.37. The van der Waals surface area contributed by atoms with Crippen LogP contribution in [0.1, 0.15) is 11.8 Å². The average Bonchev–Trinajstić information content (AvgIpc) is 2.73. The molecule has 1 amide bonds. The number of aliphatic hydroxyl groups is 1. The van der Waals surface area contributed by atoms with Crippen LogP contribution in [-0.2, 0) is 4.74 Å². The number of hydrogen-bond donors (Lipinski definition) is 3. The summed E-state index contributed by atoms with van der Waals surface area (Å²) >= 11 is 6.14. The van der Waals surface area contributed by atoms with Crippen molar-refractivity contribution in [3.05, 3.63) is 77.3 Å². The number of aliphatic hydroxyl groups excluding tert-OH is 1. The quantitative estimate of drug-likeness (QED) is 0.315. The van der Waals surface area contributed by atoms with Gasteiger partial charge in [0.1, 0.15) is 0 Å². The van der Waals surface area contributed by atoms with Crippen molar-refractivity contribution in [1.82, 2.24) is 4.98 Å². The smallest absolute Gasteiger partial charge is 0.411 e. The molecule has 4 aromatic rings. The van der Waals surface area contributed by atoms with Crippen LogP contribution in [0.5, 0.6) is 0 Å². The number of nitrogens with zero attached hydrogens (tertiary/aromatic N) is 1. The number of aromatic nitrogens is 1. The Labute approximate surface area is 172 Å². The van der Waals surface area contributed by atoms with Crippen molar-refractivity contribution in [3.8, 4) is 0 Å². The van der Waals surface area contributed by atoms with Crippen molar-refractivity contribution < 1.29 is 14.6 Å². The molecule has 0 fully saturated rings. The molecule has 3 aromatic carbocycles. The summed E-state index contributed by atoms with van der Waals surface area (Å²) in [7, 11) is 1.29. The normalized spacial score (nSPS) is 12.0. The van der Waals surface area contributed by atoms with Crippen molar-refractivity contribution in [1.29, 1.82) is 0 Å². The molecule has 0 aliphatic heterocycles. The van der Waals surface area contributed by atoms with Gasteiger partial charge < -0.3 is 15.2 Å². The number of benzene rings is 3. The van der Waals surface area contributed by atoms with Crippen LogP contribution >= 0.6 is 11.6 Å². The molecule has 1 unspecified atom stereocenters. The van der Waals surface area contributed by atoms with Crippen molar-refractivity contribution in [2.24, 2.45) is 0 Å². The van der Waals surface area contributed by atoms with Crippen LogP contribution in [0, 0.1) is 0 Å². The van der Waals surface area contributed by atoms with E-state index in [0.717, 1.165) is 27.5 Å². The zero-order valence-corrected chi connectivity index (χ0v) is 16.3. The van der Waals surface area contributed by atoms with Gasteiger partial charge in [-0.05, 0) is 36.4 Å². The second-order valence-electron chi connectivity index (χ2n) is 6.45. The minimum Gasteiger partial charge on any atom is -0.453 e. The van der Waals surface area contributed by atoms with Gasteiger partial charge in [-0.1, -0.05) is 41.9 Å². The minimum atomic E-state index is -1.01. The highest BCUT2D eigenvalue weighted by atomic mass is 35.5.